The van der Waals surface area contributed by atoms with E-state index >= 15 is 0 Å². The molecule has 31 heavy (non-hydrogen) atoms. The van der Waals surface area contributed by atoms with E-state index in [1.165, 1.54) is 24.0 Å². The molecular weight excluding hydrogens is 388 g/mol. The molecular formula is C24H32N6O. The van der Waals surface area contributed by atoms with Crippen molar-refractivity contribution in [2.45, 2.75) is 70.4 Å². The van der Waals surface area contributed by atoms with Gasteiger partial charge in [-0.3, -0.25) is 0 Å². The third kappa shape index (κ3) is 4.24. The Hall–Kier alpha value is -2.67. The van der Waals surface area contributed by atoms with Gasteiger partial charge in [0.25, 0.3) is 0 Å². The Kier molecular flexibility index (Phi) is 5.52. The van der Waals surface area contributed by atoms with Crippen molar-refractivity contribution in [1.82, 2.24) is 24.9 Å². The molecule has 2 N–H and O–H groups in total. The van der Waals surface area contributed by atoms with Crippen LogP contribution in [0.4, 0.5) is 5.95 Å². The van der Waals surface area contributed by atoms with Crippen molar-refractivity contribution < 1.29 is 4.74 Å². The molecule has 1 aliphatic heterocycles. The number of anilines is 1. The summed E-state index contributed by atoms with van der Waals surface area (Å²) in [5.74, 6) is 1.69. The zero-order chi connectivity index (χ0) is 21.4. The molecule has 2 aromatic heterocycles. The minimum Gasteiger partial charge on any atom is -0.459 e. The van der Waals surface area contributed by atoms with E-state index in [1.807, 2.05) is 10.7 Å². The monoisotopic (exact) mass is 420 g/mol. The highest BCUT2D eigenvalue weighted by Gasteiger charge is 2.28. The molecule has 0 spiro atoms. The first-order valence-corrected chi connectivity index (χ1v) is 11.6. The number of hydrogen-bond acceptors (Lipinski definition) is 6. The summed E-state index contributed by atoms with van der Waals surface area (Å²) in [6.45, 7) is 8.38. The van der Waals surface area contributed by atoms with E-state index in [-0.39, 0.29) is 12.1 Å². The quantitative estimate of drug-likeness (QED) is 0.589. The molecule has 2 unspecified atom stereocenters. The maximum Gasteiger partial charge on any atom is 0.322 e. The van der Waals surface area contributed by atoms with Gasteiger partial charge in [-0.2, -0.15) is 19.6 Å². The van der Waals surface area contributed by atoms with Crippen LogP contribution in [0, 0.1) is 0 Å². The number of fused-ring (bicyclic) bond motifs is 1. The Bertz CT molecular complexity index is 1050. The molecule has 1 aromatic carbocycles. The number of piperidine rings is 1. The van der Waals surface area contributed by atoms with Gasteiger partial charge < -0.3 is 15.4 Å². The predicted octanol–water partition coefficient (Wildman–Crippen LogP) is 4.43. The van der Waals surface area contributed by atoms with Gasteiger partial charge in [-0.1, -0.05) is 38.1 Å². The van der Waals surface area contributed by atoms with Crippen LogP contribution >= 0.6 is 0 Å². The number of nitrogens with one attached hydrogen (secondary N) is 2. The van der Waals surface area contributed by atoms with E-state index in [4.69, 9.17) is 14.7 Å². The molecule has 2 fully saturated rings. The van der Waals surface area contributed by atoms with E-state index < -0.39 is 0 Å². The fraction of sp³-hybridized carbons (Fsp3) is 0.542. The Labute approximate surface area is 183 Å². The molecule has 7 nitrogen and oxygen atoms in total. The van der Waals surface area contributed by atoms with Gasteiger partial charge in [0.1, 0.15) is 6.10 Å². The number of benzene rings is 1. The lowest BCUT2D eigenvalue weighted by atomic mass is 9.98. The molecule has 3 aromatic rings. The maximum absolute atomic E-state index is 6.20. The fourth-order valence-electron chi connectivity index (χ4n) is 4.44. The molecule has 164 valence electrons. The van der Waals surface area contributed by atoms with Crippen LogP contribution in [0.1, 0.15) is 81.0 Å². The lowest BCUT2D eigenvalue weighted by Crippen LogP contribution is -2.37. The van der Waals surface area contributed by atoms with Crippen LogP contribution in [0.3, 0.4) is 0 Å². The minimum absolute atomic E-state index is 0.0995. The summed E-state index contributed by atoms with van der Waals surface area (Å²) in [5.41, 5.74) is 4.69. The normalized spacial score (nSPS) is 20.2. The second-order valence-electron chi connectivity index (χ2n) is 9.18. The summed E-state index contributed by atoms with van der Waals surface area (Å²) in [7, 11) is 0. The average Bonchev–Trinajstić information content (AvgIpc) is 3.53. The third-order valence-electron chi connectivity index (χ3n) is 6.35. The van der Waals surface area contributed by atoms with Gasteiger partial charge in [-0.15, -0.1) is 0 Å². The van der Waals surface area contributed by atoms with E-state index in [0.29, 0.717) is 23.8 Å². The molecule has 1 aliphatic carbocycles. The summed E-state index contributed by atoms with van der Waals surface area (Å²) in [4.78, 5) is 9.50. The van der Waals surface area contributed by atoms with E-state index in [2.05, 4.69) is 60.8 Å². The molecule has 2 aliphatic rings. The van der Waals surface area contributed by atoms with Crippen molar-refractivity contribution in [3.05, 3.63) is 47.2 Å². The highest BCUT2D eigenvalue weighted by Crippen LogP contribution is 2.43. The molecule has 7 heteroatoms. The van der Waals surface area contributed by atoms with Gasteiger partial charge in [-0.25, -0.2) is 0 Å². The maximum atomic E-state index is 6.20. The van der Waals surface area contributed by atoms with Crippen LogP contribution in [0.25, 0.3) is 5.65 Å². The van der Waals surface area contributed by atoms with Crippen LogP contribution in [-0.4, -0.2) is 38.8 Å². The largest absolute Gasteiger partial charge is 0.459 e. The van der Waals surface area contributed by atoms with Gasteiger partial charge in [0, 0.05) is 12.1 Å². The number of ether oxygens (including phenoxy) is 1. The van der Waals surface area contributed by atoms with Crippen LogP contribution in [-0.2, 0) is 0 Å². The van der Waals surface area contributed by atoms with Crippen LogP contribution in [0.15, 0.2) is 30.5 Å². The Balaban J connectivity index is 1.49. The molecule has 3 heterocycles. The Morgan fingerprint density at radius 2 is 1.94 bits per heavy atom. The second-order valence-corrected chi connectivity index (χ2v) is 9.18. The summed E-state index contributed by atoms with van der Waals surface area (Å²) in [6, 6.07) is 9.26. The SMILES string of the molecule is CC(C)c1cnn2c(NC(C)c3ccccc3C3CC3)nc(OC3CCCNC3)nc12. The van der Waals surface area contributed by atoms with Crippen LogP contribution in [0.2, 0.25) is 0 Å². The zero-order valence-electron chi connectivity index (χ0n) is 18.6. The summed E-state index contributed by atoms with van der Waals surface area (Å²) >= 11 is 0. The van der Waals surface area contributed by atoms with Gasteiger partial charge in [0.05, 0.1) is 12.2 Å². The molecule has 2 atom stereocenters. The first kappa shape index (κ1) is 20.2. The number of aromatic nitrogens is 4. The number of hydrogen-bond donors (Lipinski definition) is 2. The van der Waals surface area contributed by atoms with Crippen LogP contribution in [0.5, 0.6) is 6.01 Å². The van der Waals surface area contributed by atoms with Crippen molar-refractivity contribution in [3.63, 3.8) is 0 Å². The zero-order valence-corrected chi connectivity index (χ0v) is 18.6. The van der Waals surface area contributed by atoms with Gasteiger partial charge in [-0.05, 0) is 62.1 Å². The van der Waals surface area contributed by atoms with Crippen molar-refractivity contribution in [2.24, 2.45) is 0 Å². The standard InChI is InChI=1S/C24H32N6O/c1-15(2)21-14-26-30-22(21)28-24(31-18-7-6-12-25-13-18)29-23(30)27-16(3)19-8-4-5-9-20(19)17-10-11-17/h4-5,8-9,14-18,25H,6-7,10-13H2,1-3H3,(H,27,28,29). The van der Waals surface area contributed by atoms with Crippen molar-refractivity contribution >= 4 is 11.6 Å². The third-order valence-corrected chi connectivity index (χ3v) is 6.35. The number of rotatable bonds is 7. The fourth-order valence-corrected chi connectivity index (χ4v) is 4.44. The average molecular weight is 421 g/mol. The highest BCUT2D eigenvalue weighted by atomic mass is 16.5. The molecule has 5 rings (SSSR count). The van der Waals surface area contributed by atoms with Crippen molar-refractivity contribution in [2.75, 3.05) is 18.4 Å². The molecule has 0 radical (unpaired) electrons. The van der Waals surface area contributed by atoms with Gasteiger partial charge in [0.2, 0.25) is 5.95 Å². The minimum atomic E-state index is 0.0995. The number of nitrogens with zero attached hydrogens (tertiary/aromatic N) is 4. The van der Waals surface area contributed by atoms with E-state index in [1.54, 1.807) is 0 Å². The summed E-state index contributed by atoms with van der Waals surface area (Å²) in [5, 5.41) is 11.6. The van der Waals surface area contributed by atoms with Crippen molar-refractivity contribution in [3.8, 4) is 6.01 Å². The topological polar surface area (TPSA) is 76.4 Å². The Morgan fingerprint density at radius 3 is 2.68 bits per heavy atom. The summed E-state index contributed by atoms with van der Waals surface area (Å²) in [6.07, 6.45) is 6.69. The van der Waals surface area contributed by atoms with Crippen LogP contribution < -0.4 is 15.4 Å². The lowest BCUT2D eigenvalue weighted by Gasteiger charge is -2.23. The summed E-state index contributed by atoms with van der Waals surface area (Å²) < 4.78 is 8.02. The first-order chi connectivity index (χ1) is 15.1. The van der Waals surface area contributed by atoms with Gasteiger partial charge >= 0.3 is 6.01 Å². The molecule has 1 saturated heterocycles. The van der Waals surface area contributed by atoms with E-state index in [9.17, 15) is 0 Å². The predicted molar refractivity (Wildman–Crippen MR) is 122 cm³/mol. The molecule has 1 saturated carbocycles. The van der Waals surface area contributed by atoms with Gasteiger partial charge in [0.15, 0.2) is 5.65 Å². The molecule has 0 amide bonds. The first-order valence-electron chi connectivity index (χ1n) is 11.6. The second kappa shape index (κ2) is 8.46. The highest BCUT2D eigenvalue weighted by molar-refractivity contribution is 5.53. The Morgan fingerprint density at radius 1 is 1.10 bits per heavy atom. The van der Waals surface area contributed by atoms with E-state index in [0.717, 1.165) is 37.1 Å². The molecule has 0 bridgehead atoms. The lowest BCUT2D eigenvalue weighted by molar-refractivity contribution is 0.153. The van der Waals surface area contributed by atoms with Crippen molar-refractivity contribution in [1.29, 1.82) is 0 Å². The smallest absolute Gasteiger partial charge is 0.322 e.